The molecule has 1 amide bonds. The molecule has 0 saturated carbocycles. The average molecular weight is 577 g/mol. The molecule has 1 saturated heterocycles. The maximum Gasteiger partial charge on any atom is 0.416 e. The maximum absolute atomic E-state index is 13.5. The van der Waals surface area contributed by atoms with Crippen LogP contribution in [0, 0.1) is 0 Å². The number of aromatic nitrogens is 3. The highest BCUT2D eigenvalue weighted by Crippen LogP contribution is 2.38. The van der Waals surface area contributed by atoms with Gasteiger partial charge in [0.2, 0.25) is 10.0 Å². The summed E-state index contributed by atoms with van der Waals surface area (Å²) in [5.41, 5.74) is 1.65. The molecule has 0 spiro atoms. The molecule has 0 aliphatic carbocycles. The number of sulfonamides is 1. The zero-order valence-corrected chi connectivity index (χ0v) is 20.4. The number of carbonyl (C=O) groups excluding carboxylic acids is 1. The van der Waals surface area contributed by atoms with Gasteiger partial charge < -0.3 is 5.73 Å². The Morgan fingerprint density at radius 2 is 1.59 bits per heavy atom. The van der Waals surface area contributed by atoms with Gasteiger partial charge in [-0.05, 0) is 42.3 Å². The smallest absolute Gasteiger partial charge is 0.366 e. The van der Waals surface area contributed by atoms with Crippen molar-refractivity contribution in [3.05, 3.63) is 65.5 Å². The standard InChI is InChI=1S/C23H18F7N5O3S/c24-17-5-6-35(10-17)39(37,38)18-3-1-13(2-4-18)19(20(31)36)11-34-12-32-21(33-34)14-7-15(22(25,26)27)9-16(8-14)23(28,29)30/h1-4,7-9,11-12,17H,5-6,10H2,(H2,31,36)/b19-11+. The molecule has 1 aliphatic rings. The van der Waals surface area contributed by atoms with E-state index in [0.717, 1.165) is 21.5 Å². The van der Waals surface area contributed by atoms with Crippen molar-refractivity contribution in [2.75, 3.05) is 13.1 Å². The zero-order valence-electron chi connectivity index (χ0n) is 19.5. The number of hydrogen-bond donors (Lipinski definition) is 1. The lowest BCUT2D eigenvalue weighted by Crippen LogP contribution is -2.29. The highest BCUT2D eigenvalue weighted by atomic mass is 32.2. The SMILES string of the molecule is NC(=O)/C(=C/n1cnc(-c2cc(C(F)(F)F)cc(C(F)(F)F)c2)n1)c1ccc(S(=O)(=O)N2CCC(F)C2)cc1. The second-order valence-corrected chi connectivity index (χ2v) is 10.5. The van der Waals surface area contributed by atoms with Gasteiger partial charge in [0.15, 0.2) is 5.82 Å². The predicted molar refractivity (Wildman–Crippen MR) is 124 cm³/mol. The van der Waals surface area contributed by atoms with Crippen LogP contribution < -0.4 is 5.73 Å². The summed E-state index contributed by atoms with van der Waals surface area (Å²) in [6, 6.07) is 5.76. The predicted octanol–water partition coefficient (Wildman–Crippen LogP) is 4.20. The van der Waals surface area contributed by atoms with E-state index in [2.05, 4.69) is 10.1 Å². The third-order valence-corrected chi connectivity index (χ3v) is 7.66. The van der Waals surface area contributed by atoms with E-state index in [0.29, 0.717) is 12.1 Å². The second kappa shape index (κ2) is 10.1. The van der Waals surface area contributed by atoms with Crippen molar-refractivity contribution in [2.45, 2.75) is 29.8 Å². The van der Waals surface area contributed by atoms with Crippen molar-refractivity contribution >= 4 is 27.7 Å². The first-order valence-corrected chi connectivity index (χ1v) is 12.5. The number of hydrogen-bond acceptors (Lipinski definition) is 5. The first-order valence-electron chi connectivity index (χ1n) is 11.0. The summed E-state index contributed by atoms with van der Waals surface area (Å²) in [5, 5.41) is 3.84. The van der Waals surface area contributed by atoms with E-state index in [-0.39, 0.29) is 41.6 Å². The van der Waals surface area contributed by atoms with Crippen LogP contribution in [-0.2, 0) is 27.2 Å². The summed E-state index contributed by atoms with van der Waals surface area (Å²) < 4.78 is 120. The van der Waals surface area contributed by atoms with Crippen LogP contribution in [0.25, 0.3) is 23.2 Å². The Bertz CT molecular complexity index is 1500. The van der Waals surface area contributed by atoms with Crippen molar-refractivity contribution < 1.29 is 43.9 Å². The summed E-state index contributed by atoms with van der Waals surface area (Å²) in [6.45, 7) is -0.260. The van der Waals surface area contributed by atoms with Gasteiger partial charge in [-0.3, -0.25) is 4.79 Å². The van der Waals surface area contributed by atoms with Crippen LogP contribution in [0.5, 0.6) is 0 Å². The van der Waals surface area contributed by atoms with Gasteiger partial charge in [0.1, 0.15) is 12.5 Å². The number of halogens is 7. The number of rotatable bonds is 6. The van der Waals surface area contributed by atoms with Crippen molar-refractivity contribution in [1.29, 1.82) is 0 Å². The van der Waals surface area contributed by atoms with Crippen LogP contribution in [0.1, 0.15) is 23.1 Å². The number of primary amides is 1. The molecule has 8 nitrogen and oxygen atoms in total. The molecule has 2 aromatic carbocycles. The van der Waals surface area contributed by atoms with Crippen molar-refractivity contribution in [2.24, 2.45) is 5.73 Å². The summed E-state index contributed by atoms with van der Waals surface area (Å²) in [4.78, 5) is 15.7. The van der Waals surface area contributed by atoms with E-state index in [4.69, 9.17) is 5.73 Å². The highest BCUT2D eigenvalue weighted by molar-refractivity contribution is 7.89. The van der Waals surface area contributed by atoms with Crippen LogP contribution in [-0.4, -0.2) is 52.7 Å². The highest BCUT2D eigenvalue weighted by Gasteiger charge is 2.37. The Hall–Kier alpha value is -3.79. The van der Waals surface area contributed by atoms with Gasteiger partial charge >= 0.3 is 12.4 Å². The Kier molecular flexibility index (Phi) is 7.29. The molecule has 39 heavy (non-hydrogen) atoms. The van der Waals surface area contributed by atoms with E-state index >= 15 is 0 Å². The molecule has 1 atom stereocenters. The molecule has 2 N–H and O–H groups in total. The first-order chi connectivity index (χ1) is 18.1. The number of nitrogens with two attached hydrogens (primary N) is 1. The van der Waals surface area contributed by atoms with Gasteiger partial charge in [-0.25, -0.2) is 22.5 Å². The third-order valence-electron chi connectivity index (χ3n) is 5.78. The minimum atomic E-state index is -5.07. The molecule has 208 valence electrons. The molecular formula is C23H18F7N5O3S. The quantitative estimate of drug-likeness (QED) is 0.349. The van der Waals surface area contributed by atoms with Crippen LogP contribution in [0.4, 0.5) is 30.7 Å². The lowest BCUT2D eigenvalue weighted by molar-refractivity contribution is -0.143. The number of nitrogens with zero attached hydrogens (tertiary/aromatic N) is 4. The topological polar surface area (TPSA) is 111 Å². The lowest BCUT2D eigenvalue weighted by Gasteiger charge is -2.15. The fourth-order valence-corrected chi connectivity index (χ4v) is 5.31. The molecule has 1 aromatic heterocycles. The number of alkyl halides is 7. The molecule has 1 aliphatic heterocycles. The molecule has 16 heteroatoms. The first kappa shape index (κ1) is 28.2. The molecule has 2 heterocycles. The Labute approximate surface area is 216 Å². The largest absolute Gasteiger partial charge is 0.416 e. The van der Waals surface area contributed by atoms with E-state index in [9.17, 15) is 43.9 Å². The number of carbonyl (C=O) groups is 1. The fourth-order valence-electron chi connectivity index (χ4n) is 3.83. The third kappa shape index (κ3) is 6.11. The van der Waals surface area contributed by atoms with E-state index < -0.39 is 57.0 Å². The van der Waals surface area contributed by atoms with Gasteiger partial charge in [-0.15, -0.1) is 5.10 Å². The van der Waals surface area contributed by atoms with Gasteiger partial charge in [0.25, 0.3) is 5.91 Å². The van der Waals surface area contributed by atoms with Gasteiger partial charge in [0.05, 0.1) is 21.6 Å². The minimum Gasteiger partial charge on any atom is -0.366 e. The van der Waals surface area contributed by atoms with Crippen LogP contribution in [0.15, 0.2) is 53.7 Å². The van der Waals surface area contributed by atoms with Crippen molar-refractivity contribution in [3.63, 3.8) is 0 Å². The van der Waals surface area contributed by atoms with Crippen LogP contribution >= 0.6 is 0 Å². The van der Waals surface area contributed by atoms with Crippen molar-refractivity contribution in [3.8, 4) is 11.4 Å². The Morgan fingerprint density at radius 3 is 2.08 bits per heavy atom. The molecule has 4 rings (SSSR count). The molecule has 1 fully saturated rings. The van der Waals surface area contributed by atoms with Crippen molar-refractivity contribution in [1.82, 2.24) is 19.1 Å². The Morgan fingerprint density at radius 1 is 1.00 bits per heavy atom. The Balaban J connectivity index is 1.66. The fraction of sp³-hybridized carbons (Fsp3) is 0.261. The normalized spacial score (nSPS) is 17.5. The van der Waals surface area contributed by atoms with Crippen LogP contribution in [0.2, 0.25) is 0 Å². The van der Waals surface area contributed by atoms with Crippen LogP contribution in [0.3, 0.4) is 0 Å². The summed E-state index contributed by atoms with van der Waals surface area (Å²) in [5.74, 6) is -1.49. The molecule has 0 bridgehead atoms. The molecule has 1 unspecified atom stereocenters. The number of benzene rings is 2. The summed E-state index contributed by atoms with van der Waals surface area (Å²) >= 11 is 0. The monoisotopic (exact) mass is 577 g/mol. The second-order valence-electron chi connectivity index (χ2n) is 8.52. The summed E-state index contributed by atoms with van der Waals surface area (Å²) in [7, 11) is -3.98. The average Bonchev–Trinajstić information content (AvgIpc) is 3.50. The molecular weight excluding hydrogens is 559 g/mol. The van der Waals surface area contributed by atoms with Gasteiger partial charge in [0, 0.05) is 24.9 Å². The molecule has 0 radical (unpaired) electrons. The lowest BCUT2D eigenvalue weighted by atomic mass is 10.0. The van der Waals surface area contributed by atoms with Gasteiger partial charge in [-0.1, -0.05) is 12.1 Å². The van der Waals surface area contributed by atoms with E-state index in [1.807, 2.05) is 0 Å². The van der Waals surface area contributed by atoms with E-state index in [1.165, 1.54) is 24.3 Å². The summed E-state index contributed by atoms with van der Waals surface area (Å²) in [6.07, 6.45) is -9.38. The van der Waals surface area contributed by atoms with E-state index in [1.54, 1.807) is 0 Å². The molecule has 3 aromatic rings. The minimum absolute atomic E-state index is 0.0165. The maximum atomic E-state index is 13.5. The number of amides is 1. The zero-order chi connectivity index (χ0) is 28.8. The van der Waals surface area contributed by atoms with Gasteiger partial charge in [-0.2, -0.15) is 30.6 Å².